The SMILES string of the molecule is O.O=BOB([O-])OB([O-])OB=O.[K+].[K+]. The van der Waals surface area contributed by atoms with Gasteiger partial charge < -0.3 is 5.48 Å². The predicted octanol–water partition coefficient (Wildman–Crippen LogP) is -11.2. The number of hydrogen-bond donors (Lipinski definition) is 0. The van der Waals surface area contributed by atoms with Crippen molar-refractivity contribution < 1.29 is 141 Å². The van der Waals surface area contributed by atoms with E-state index in [2.05, 4.69) is 13.7 Å². The summed E-state index contributed by atoms with van der Waals surface area (Å²) in [5.41, 5.74) is 0. The molecule has 0 saturated heterocycles. The van der Waals surface area contributed by atoms with Gasteiger partial charge in [0.25, 0.3) is 0 Å². The van der Waals surface area contributed by atoms with Crippen molar-refractivity contribution in [3.8, 4) is 0 Å². The van der Waals surface area contributed by atoms with Crippen LogP contribution in [0.5, 0.6) is 0 Å². The second kappa shape index (κ2) is 18.0. The molecule has 0 aliphatic heterocycles. The van der Waals surface area contributed by atoms with Gasteiger partial charge in [-0.15, -0.1) is 0 Å². The summed E-state index contributed by atoms with van der Waals surface area (Å²) in [6, 6.07) is 0. The van der Waals surface area contributed by atoms with E-state index >= 15 is 0 Å². The van der Waals surface area contributed by atoms with E-state index in [0.717, 1.165) is 0 Å². The summed E-state index contributed by atoms with van der Waals surface area (Å²) in [5.74, 6) is 0. The average Bonchev–Trinajstić information content (AvgIpc) is 1.87. The van der Waals surface area contributed by atoms with E-state index < -0.39 is 14.6 Å². The van der Waals surface area contributed by atoms with E-state index in [1.165, 1.54) is 0 Å². The molecule has 0 aromatic heterocycles. The Labute approximate surface area is 167 Å². The van der Waals surface area contributed by atoms with Crippen LogP contribution in [0.25, 0.3) is 0 Å². The summed E-state index contributed by atoms with van der Waals surface area (Å²) in [7, 11) is -4.92. The van der Waals surface area contributed by atoms with Crippen molar-refractivity contribution in [1.29, 1.82) is 0 Å². The summed E-state index contributed by atoms with van der Waals surface area (Å²) in [6.45, 7) is 0. The Hall–Kier alpha value is 2.57. The molecule has 0 aromatic carbocycles. The van der Waals surface area contributed by atoms with E-state index in [0.29, 0.717) is 0 Å². The molecule has 0 amide bonds. The van der Waals surface area contributed by atoms with Crippen molar-refractivity contribution in [2.24, 2.45) is 0 Å². The molecule has 8 nitrogen and oxygen atoms in total. The minimum absolute atomic E-state index is 0. The van der Waals surface area contributed by atoms with Gasteiger partial charge in [0.1, 0.15) is 0 Å². The first-order chi connectivity index (χ1) is 5.20. The van der Waals surface area contributed by atoms with E-state index in [1.54, 1.807) is 0 Å². The maximum absolute atomic E-state index is 10.1. The van der Waals surface area contributed by atoms with Gasteiger partial charge in [0.15, 0.2) is 0 Å². The molecule has 0 spiro atoms. The van der Waals surface area contributed by atoms with Crippen molar-refractivity contribution >= 4 is 29.3 Å². The largest absolute Gasteiger partial charge is 1.00 e. The van der Waals surface area contributed by atoms with Gasteiger partial charge in [-0.1, -0.05) is 0 Å². The molecule has 0 aliphatic carbocycles. The van der Waals surface area contributed by atoms with Gasteiger partial charge in [-0.05, 0) is 0 Å². The van der Waals surface area contributed by atoms with Gasteiger partial charge in [-0.2, -0.15) is 0 Å². The topological polar surface area (TPSA) is 139 Å². The van der Waals surface area contributed by atoms with Gasteiger partial charge in [-0.3, -0.25) is 0 Å². The van der Waals surface area contributed by atoms with Gasteiger partial charge in [0.05, 0.1) is 0 Å². The molecule has 0 rings (SSSR count). The molecular weight excluding hydrogens is 249 g/mol. The third kappa shape index (κ3) is 17.0. The first kappa shape index (κ1) is 25.4. The molecule has 14 heteroatoms. The van der Waals surface area contributed by atoms with E-state index in [1.807, 2.05) is 0 Å². The van der Waals surface area contributed by atoms with Crippen LogP contribution in [0.15, 0.2) is 0 Å². The van der Waals surface area contributed by atoms with Crippen LogP contribution in [-0.4, -0.2) is 34.8 Å². The summed E-state index contributed by atoms with van der Waals surface area (Å²) in [6.07, 6.45) is 0. The molecule has 14 heavy (non-hydrogen) atoms. The molecular formula is H2B4K2O8. The predicted molar refractivity (Wildman–Crippen MR) is 31.3 cm³/mol. The standard InChI is InChI=1S/B4O7.2K.H2O/c5-1-9-3(7)11-4(8)10-2-6;;;/h;;;1H2/q-2;2*+1;. The van der Waals surface area contributed by atoms with E-state index in [-0.39, 0.29) is 123 Å². The minimum Gasteiger partial charge on any atom is 1.00 e. The number of rotatable bonds is 6. The van der Waals surface area contributed by atoms with Crippen molar-refractivity contribution in [2.75, 3.05) is 0 Å². The average molecular weight is 251 g/mol. The molecule has 0 aromatic rings. The maximum Gasteiger partial charge on any atom is 1.00 e. The zero-order valence-corrected chi connectivity index (χ0v) is 13.9. The van der Waals surface area contributed by atoms with Gasteiger partial charge >= 0.3 is 165 Å². The van der Waals surface area contributed by atoms with Crippen LogP contribution in [0.1, 0.15) is 0 Å². The van der Waals surface area contributed by atoms with Crippen LogP contribution < -0.4 is 113 Å². The van der Waals surface area contributed by atoms with Crippen LogP contribution in [0.4, 0.5) is 0 Å². The summed E-state index contributed by atoms with van der Waals surface area (Å²) in [5, 5.41) is 20.3. The van der Waals surface area contributed by atoms with Gasteiger partial charge in [0.2, 0.25) is 0 Å². The Morgan fingerprint density at radius 2 is 1.21 bits per heavy atom. The zero-order chi connectivity index (χ0) is 8.69. The van der Waals surface area contributed by atoms with Crippen molar-refractivity contribution in [2.45, 2.75) is 0 Å². The molecule has 2 N–H and O–H groups in total. The van der Waals surface area contributed by atoms with E-state index in [9.17, 15) is 19.5 Å². The van der Waals surface area contributed by atoms with Gasteiger partial charge in [-0.25, -0.2) is 0 Å². The third-order valence-corrected chi connectivity index (χ3v) is 0.556. The van der Waals surface area contributed by atoms with Crippen molar-refractivity contribution in [1.82, 2.24) is 0 Å². The maximum atomic E-state index is 10.1. The Morgan fingerprint density at radius 3 is 1.43 bits per heavy atom. The molecule has 0 heterocycles. The molecule has 0 bridgehead atoms. The Morgan fingerprint density at radius 1 is 0.929 bits per heavy atom. The van der Waals surface area contributed by atoms with Crippen molar-refractivity contribution in [3.05, 3.63) is 0 Å². The monoisotopic (exact) mass is 252 g/mol. The molecule has 0 radical (unpaired) electrons. The second-order valence-electron chi connectivity index (χ2n) is 1.18. The quantitative estimate of drug-likeness (QED) is 0.427. The smallest absolute Gasteiger partial charge is 1.00 e. The van der Waals surface area contributed by atoms with Crippen LogP contribution in [0.2, 0.25) is 0 Å². The minimum atomic E-state index is -2.27. The van der Waals surface area contributed by atoms with Crippen LogP contribution in [-0.2, 0) is 23.1 Å². The summed E-state index contributed by atoms with van der Waals surface area (Å²) in [4.78, 5) is 0. The first-order valence-corrected chi connectivity index (χ1v) is 2.36. The Balaban J connectivity index is -0.000000167. The van der Waals surface area contributed by atoms with Crippen LogP contribution in [0, 0.1) is 0 Å². The molecule has 0 fully saturated rings. The normalized spacial score (nSPS) is 5.86. The van der Waals surface area contributed by atoms with Crippen LogP contribution >= 0.6 is 0 Å². The first-order valence-electron chi connectivity index (χ1n) is 2.36. The molecule has 0 atom stereocenters. The van der Waals surface area contributed by atoms with Crippen LogP contribution in [0.3, 0.4) is 0 Å². The van der Waals surface area contributed by atoms with Crippen molar-refractivity contribution in [3.63, 3.8) is 0 Å². The Kier molecular flexibility index (Phi) is 32.6. The van der Waals surface area contributed by atoms with Gasteiger partial charge in [0, 0.05) is 0 Å². The number of hydrogen-bond acceptors (Lipinski definition) is 7. The fourth-order valence-electron chi connectivity index (χ4n) is 0.246. The fraction of sp³-hybridized carbons (Fsp3) is 0. The molecule has 64 valence electrons. The molecule has 0 saturated carbocycles. The zero-order valence-electron chi connectivity index (χ0n) is 7.67. The third-order valence-electron chi connectivity index (χ3n) is 0.556. The fourth-order valence-corrected chi connectivity index (χ4v) is 0.246. The molecule has 0 aliphatic rings. The van der Waals surface area contributed by atoms with E-state index in [4.69, 9.17) is 0 Å². The Bertz CT molecular complexity index is 119. The summed E-state index contributed by atoms with van der Waals surface area (Å²) < 4.78 is 29.8. The molecule has 0 unspecified atom stereocenters. The summed E-state index contributed by atoms with van der Waals surface area (Å²) >= 11 is 0. The second-order valence-corrected chi connectivity index (χ2v) is 1.18.